The standard InChI is InChI=1S/C27H38O8/c1-16-6-11-21-17(2)24(32-25-27(21)20(16)14-15-26(3,33-25)34-35-27)31-22(12-13-23(28)30-5)18-7-9-19(29-4)10-8-18/h7-10,16-17,20-22,24-25H,6,11-15H2,1-5H3/t16-,17-,20+,21+,22+,24-,25-,26-,27-/m1/s1. The molecule has 1 saturated carbocycles. The lowest BCUT2D eigenvalue weighted by Gasteiger charge is -2.60. The summed E-state index contributed by atoms with van der Waals surface area (Å²) < 4.78 is 29.9. The predicted molar refractivity (Wildman–Crippen MR) is 125 cm³/mol. The largest absolute Gasteiger partial charge is 0.497 e. The van der Waals surface area contributed by atoms with E-state index < -0.39 is 24.0 Å². The molecule has 1 aromatic rings. The molecule has 35 heavy (non-hydrogen) atoms. The number of ether oxygens (including phenoxy) is 5. The third kappa shape index (κ3) is 4.37. The molecule has 1 aliphatic carbocycles. The number of rotatable bonds is 7. The van der Waals surface area contributed by atoms with Crippen molar-refractivity contribution in [1.82, 2.24) is 0 Å². The molecule has 1 aromatic carbocycles. The first-order chi connectivity index (χ1) is 16.8. The topological polar surface area (TPSA) is 81.7 Å². The summed E-state index contributed by atoms with van der Waals surface area (Å²) in [5, 5.41) is 0. The fourth-order valence-corrected chi connectivity index (χ4v) is 6.67. The first-order valence-corrected chi connectivity index (χ1v) is 12.9. The number of fused-ring (bicyclic) bond motifs is 2. The number of methoxy groups -OCH3 is 2. The fraction of sp³-hybridized carbons (Fsp3) is 0.741. The number of benzene rings is 1. The molecule has 0 amide bonds. The van der Waals surface area contributed by atoms with Gasteiger partial charge >= 0.3 is 5.97 Å². The quantitative estimate of drug-likeness (QED) is 0.394. The minimum absolute atomic E-state index is 0.0507. The van der Waals surface area contributed by atoms with E-state index in [-0.39, 0.29) is 30.3 Å². The van der Waals surface area contributed by atoms with Crippen molar-refractivity contribution in [3.05, 3.63) is 29.8 Å². The molecule has 2 bridgehead atoms. The summed E-state index contributed by atoms with van der Waals surface area (Å²) in [4.78, 5) is 24.1. The molecule has 5 aliphatic rings. The van der Waals surface area contributed by atoms with Gasteiger partial charge in [0, 0.05) is 24.7 Å². The summed E-state index contributed by atoms with van der Waals surface area (Å²) in [6, 6.07) is 7.74. The maximum Gasteiger partial charge on any atom is 0.305 e. The maximum absolute atomic E-state index is 11.9. The van der Waals surface area contributed by atoms with Crippen LogP contribution < -0.4 is 4.74 Å². The molecule has 194 valence electrons. The number of carbonyl (C=O) groups is 1. The molecule has 4 heterocycles. The lowest BCUT2D eigenvalue weighted by molar-refractivity contribution is -0.578. The second kappa shape index (κ2) is 9.63. The van der Waals surface area contributed by atoms with Gasteiger partial charge in [0.05, 0.1) is 20.3 Å². The Balaban J connectivity index is 1.42. The highest BCUT2D eigenvalue weighted by atomic mass is 17.3. The summed E-state index contributed by atoms with van der Waals surface area (Å²) in [6.07, 6.45) is 3.17. The SMILES string of the molecule is COC(=O)CC[C@H](O[C@@H]1O[C@@H]2O[C@@]3(C)CC[C@H]4[C@H](C)CC[C@@H]([C@H]1C)[C@@]24OO3)c1ccc(OC)cc1. The zero-order valence-corrected chi connectivity index (χ0v) is 21.4. The van der Waals surface area contributed by atoms with E-state index in [4.69, 9.17) is 33.5 Å². The predicted octanol–water partition coefficient (Wildman–Crippen LogP) is 4.91. The number of carbonyl (C=O) groups excluding carboxylic acids is 1. The van der Waals surface area contributed by atoms with Gasteiger partial charge in [-0.1, -0.05) is 26.0 Å². The minimum atomic E-state index is -0.830. The van der Waals surface area contributed by atoms with Crippen molar-refractivity contribution in [2.45, 2.75) is 89.4 Å². The normalized spacial score (nSPS) is 40.9. The third-order valence-corrected chi connectivity index (χ3v) is 8.72. The highest BCUT2D eigenvalue weighted by molar-refractivity contribution is 5.69. The lowest BCUT2D eigenvalue weighted by Crippen LogP contribution is -2.70. The van der Waals surface area contributed by atoms with Crippen LogP contribution in [0.2, 0.25) is 0 Å². The molecular formula is C27H38O8. The molecule has 4 saturated heterocycles. The van der Waals surface area contributed by atoms with Crippen LogP contribution in [-0.4, -0.2) is 44.2 Å². The second-order valence-corrected chi connectivity index (χ2v) is 10.8. The van der Waals surface area contributed by atoms with E-state index in [1.165, 1.54) is 7.11 Å². The van der Waals surface area contributed by atoms with Crippen LogP contribution in [0.25, 0.3) is 0 Å². The van der Waals surface area contributed by atoms with E-state index in [1.54, 1.807) is 7.11 Å². The summed E-state index contributed by atoms with van der Waals surface area (Å²) in [5.41, 5.74) is 0.324. The van der Waals surface area contributed by atoms with Crippen LogP contribution in [0.3, 0.4) is 0 Å². The van der Waals surface area contributed by atoms with Crippen LogP contribution in [-0.2, 0) is 33.5 Å². The van der Waals surface area contributed by atoms with Gasteiger partial charge in [0.25, 0.3) is 0 Å². The fourth-order valence-electron chi connectivity index (χ4n) is 6.67. The molecule has 6 rings (SSSR count). The molecule has 0 N–H and O–H groups in total. The Bertz CT molecular complexity index is 905. The van der Waals surface area contributed by atoms with E-state index in [9.17, 15) is 4.79 Å². The average Bonchev–Trinajstić information content (AvgIpc) is 3.10. The van der Waals surface area contributed by atoms with Crippen LogP contribution in [0.5, 0.6) is 5.75 Å². The Labute approximate surface area is 207 Å². The van der Waals surface area contributed by atoms with Crippen LogP contribution in [0.1, 0.15) is 71.0 Å². The summed E-state index contributed by atoms with van der Waals surface area (Å²) in [5.74, 6) is 0.693. The van der Waals surface area contributed by atoms with E-state index in [0.29, 0.717) is 18.3 Å². The lowest BCUT2D eigenvalue weighted by atomic mass is 9.58. The van der Waals surface area contributed by atoms with E-state index >= 15 is 0 Å². The first kappa shape index (κ1) is 25.0. The number of hydrogen-bond donors (Lipinski definition) is 0. The molecule has 0 aromatic heterocycles. The summed E-state index contributed by atoms with van der Waals surface area (Å²) >= 11 is 0. The van der Waals surface area contributed by atoms with Crippen molar-refractivity contribution in [3.8, 4) is 5.75 Å². The molecule has 9 atom stereocenters. The van der Waals surface area contributed by atoms with Crippen LogP contribution in [0.4, 0.5) is 0 Å². The average molecular weight is 491 g/mol. The molecule has 8 nitrogen and oxygen atoms in total. The molecule has 0 unspecified atom stereocenters. The van der Waals surface area contributed by atoms with Crippen molar-refractivity contribution in [2.75, 3.05) is 14.2 Å². The van der Waals surface area contributed by atoms with Gasteiger partial charge in [0.1, 0.15) is 5.75 Å². The van der Waals surface area contributed by atoms with Gasteiger partial charge in [-0.2, -0.15) is 0 Å². The summed E-state index contributed by atoms with van der Waals surface area (Å²) in [6.45, 7) is 6.39. The van der Waals surface area contributed by atoms with Crippen molar-refractivity contribution in [1.29, 1.82) is 0 Å². The first-order valence-electron chi connectivity index (χ1n) is 12.9. The Morgan fingerprint density at radius 1 is 1.09 bits per heavy atom. The third-order valence-electron chi connectivity index (χ3n) is 8.72. The molecule has 4 aliphatic heterocycles. The molecule has 0 radical (unpaired) electrons. The van der Waals surface area contributed by atoms with Gasteiger partial charge in [0.2, 0.25) is 5.79 Å². The zero-order valence-electron chi connectivity index (χ0n) is 21.4. The van der Waals surface area contributed by atoms with Crippen molar-refractivity contribution < 1.29 is 38.3 Å². The molecule has 1 spiro atoms. The minimum Gasteiger partial charge on any atom is -0.497 e. The highest BCUT2D eigenvalue weighted by Gasteiger charge is 2.69. The Kier molecular flexibility index (Phi) is 6.87. The smallest absolute Gasteiger partial charge is 0.305 e. The van der Waals surface area contributed by atoms with Crippen LogP contribution in [0.15, 0.2) is 24.3 Å². The molecule has 5 fully saturated rings. The van der Waals surface area contributed by atoms with Crippen molar-refractivity contribution in [2.24, 2.45) is 23.7 Å². The highest BCUT2D eigenvalue weighted by Crippen LogP contribution is 2.60. The Morgan fingerprint density at radius 2 is 1.86 bits per heavy atom. The van der Waals surface area contributed by atoms with Gasteiger partial charge in [0.15, 0.2) is 18.2 Å². The van der Waals surface area contributed by atoms with Gasteiger partial charge in [-0.15, -0.1) is 0 Å². The van der Waals surface area contributed by atoms with Gasteiger partial charge in [-0.3, -0.25) is 4.79 Å². The Hall–Kier alpha value is -1.71. The van der Waals surface area contributed by atoms with Crippen molar-refractivity contribution >= 4 is 5.97 Å². The Morgan fingerprint density at radius 3 is 2.57 bits per heavy atom. The monoisotopic (exact) mass is 490 g/mol. The van der Waals surface area contributed by atoms with E-state index in [0.717, 1.165) is 37.0 Å². The van der Waals surface area contributed by atoms with Crippen LogP contribution >= 0.6 is 0 Å². The van der Waals surface area contributed by atoms with Gasteiger partial charge < -0.3 is 23.7 Å². The molecular weight excluding hydrogens is 452 g/mol. The van der Waals surface area contributed by atoms with Crippen LogP contribution in [0, 0.1) is 23.7 Å². The van der Waals surface area contributed by atoms with Gasteiger partial charge in [-0.25, -0.2) is 9.78 Å². The summed E-state index contributed by atoms with van der Waals surface area (Å²) in [7, 11) is 3.04. The van der Waals surface area contributed by atoms with E-state index in [2.05, 4.69) is 13.8 Å². The van der Waals surface area contributed by atoms with Crippen molar-refractivity contribution in [3.63, 3.8) is 0 Å². The maximum atomic E-state index is 11.9. The second-order valence-electron chi connectivity index (χ2n) is 10.8. The number of hydrogen-bond acceptors (Lipinski definition) is 8. The zero-order chi connectivity index (χ0) is 24.8. The molecule has 8 heteroatoms. The number of esters is 1. The van der Waals surface area contributed by atoms with Gasteiger partial charge in [-0.05, 0) is 62.1 Å². The van der Waals surface area contributed by atoms with E-state index in [1.807, 2.05) is 31.2 Å².